The fraction of sp³-hybridized carbons (Fsp3) is 0. The Morgan fingerprint density at radius 3 is 2.40 bits per heavy atom. The molecule has 0 amide bonds. The molecule has 0 saturated heterocycles. The molecule has 0 radical (unpaired) electrons. The van der Waals surface area contributed by atoms with Gasteiger partial charge in [0.1, 0.15) is 11.6 Å². The van der Waals surface area contributed by atoms with Gasteiger partial charge in [0.25, 0.3) is 0 Å². The number of nitrogens with zero attached hydrogens (tertiary/aromatic N) is 1. The van der Waals surface area contributed by atoms with E-state index in [2.05, 4.69) is 10.3 Å². The van der Waals surface area contributed by atoms with Crippen LogP contribution in [0.3, 0.4) is 0 Å². The van der Waals surface area contributed by atoms with E-state index >= 15 is 0 Å². The van der Waals surface area contributed by atoms with Gasteiger partial charge in [-0.25, -0.2) is 9.37 Å². The van der Waals surface area contributed by atoms with Crippen LogP contribution in [0.25, 0.3) is 0 Å². The summed E-state index contributed by atoms with van der Waals surface area (Å²) in [5, 5.41) is 3.02. The summed E-state index contributed by atoms with van der Waals surface area (Å²) in [7, 11) is 0. The molecule has 3 nitrogen and oxygen atoms in total. The first-order valence-corrected chi connectivity index (χ1v) is 4.48. The first-order chi connectivity index (χ1) is 7.24. The van der Waals surface area contributed by atoms with E-state index in [1.54, 1.807) is 30.5 Å². The van der Waals surface area contributed by atoms with E-state index in [1.165, 1.54) is 12.1 Å². The molecule has 1 aromatic heterocycles. The molecule has 0 spiro atoms. The first kappa shape index (κ1) is 9.45. The van der Waals surface area contributed by atoms with Crippen LogP contribution in [0.1, 0.15) is 0 Å². The van der Waals surface area contributed by atoms with Crippen LogP contribution in [0.5, 0.6) is 0 Å². The van der Waals surface area contributed by atoms with Gasteiger partial charge >= 0.3 is 0 Å². The Labute approximate surface area is 86.8 Å². The maximum absolute atomic E-state index is 12.6. The summed E-state index contributed by atoms with van der Waals surface area (Å²) in [5.74, 6) is 0.418. The van der Waals surface area contributed by atoms with Gasteiger partial charge in [-0.2, -0.15) is 0 Å². The van der Waals surface area contributed by atoms with Gasteiger partial charge in [-0.15, -0.1) is 0 Å². The molecule has 1 aromatic carbocycles. The van der Waals surface area contributed by atoms with Crippen LogP contribution < -0.4 is 11.1 Å². The number of nitrogens with two attached hydrogens (primary N) is 1. The highest BCUT2D eigenvalue weighted by Crippen LogP contribution is 2.15. The fourth-order valence-corrected chi connectivity index (χ4v) is 1.16. The molecule has 76 valence electrons. The topological polar surface area (TPSA) is 50.9 Å². The number of benzene rings is 1. The SMILES string of the molecule is Nc1ccc(Nc2ccc(F)cc2)nc1. The summed E-state index contributed by atoms with van der Waals surface area (Å²) in [6.45, 7) is 0. The predicted octanol–water partition coefficient (Wildman–Crippen LogP) is 2.55. The van der Waals surface area contributed by atoms with Crippen molar-refractivity contribution in [3.05, 3.63) is 48.4 Å². The lowest BCUT2D eigenvalue weighted by Crippen LogP contribution is -1.94. The molecule has 0 fully saturated rings. The van der Waals surface area contributed by atoms with E-state index in [4.69, 9.17) is 5.73 Å². The number of aromatic nitrogens is 1. The van der Waals surface area contributed by atoms with Crippen LogP contribution in [-0.4, -0.2) is 4.98 Å². The zero-order chi connectivity index (χ0) is 10.7. The number of hydrogen-bond donors (Lipinski definition) is 2. The van der Waals surface area contributed by atoms with Crippen molar-refractivity contribution in [2.24, 2.45) is 0 Å². The second-order valence-electron chi connectivity index (χ2n) is 3.11. The number of halogens is 1. The molecule has 4 heteroatoms. The lowest BCUT2D eigenvalue weighted by Gasteiger charge is -2.04. The van der Waals surface area contributed by atoms with E-state index < -0.39 is 0 Å². The van der Waals surface area contributed by atoms with Crippen molar-refractivity contribution in [3.8, 4) is 0 Å². The van der Waals surface area contributed by atoms with Crippen molar-refractivity contribution < 1.29 is 4.39 Å². The normalized spacial score (nSPS) is 9.93. The summed E-state index contributed by atoms with van der Waals surface area (Å²) in [6, 6.07) is 9.58. The third kappa shape index (κ3) is 2.43. The molecule has 0 bridgehead atoms. The Morgan fingerprint density at radius 1 is 1.07 bits per heavy atom. The minimum atomic E-state index is -0.259. The maximum atomic E-state index is 12.6. The summed E-state index contributed by atoms with van der Waals surface area (Å²) in [5.41, 5.74) is 6.90. The van der Waals surface area contributed by atoms with Gasteiger partial charge in [0.2, 0.25) is 0 Å². The van der Waals surface area contributed by atoms with Crippen LogP contribution in [0.15, 0.2) is 42.6 Å². The highest BCUT2D eigenvalue weighted by atomic mass is 19.1. The predicted molar refractivity (Wildman–Crippen MR) is 58.3 cm³/mol. The van der Waals surface area contributed by atoms with Crippen LogP contribution >= 0.6 is 0 Å². The Morgan fingerprint density at radius 2 is 1.80 bits per heavy atom. The van der Waals surface area contributed by atoms with E-state index in [1.807, 2.05) is 0 Å². The molecule has 3 N–H and O–H groups in total. The van der Waals surface area contributed by atoms with Crippen molar-refractivity contribution in [1.29, 1.82) is 0 Å². The maximum Gasteiger partial charge on any atom is 0.130 e. The van der Waals surface area contributed by atoms with Crippen molar-refractivity contribution >= 4 is 17.2 Å². The molecule has 2 rings (SSSR count). The number of nitrogen functional groups attached to an aromatic ring is 1. The monoisotopic (exact) mass is 203 g/mol. The Bertz CT molecular complexity index is 393. The number of anilines is 3. The lowest BCUT2D eigenvalue weighted by molar-refractivity contribution is 0.628. The summed E-state index contributed by atoms with van der Waals surface area (Å²) < 4.78 is 12.6. The first-order valence-electron chi connectivity index (χ1n) is 4.48. The zero-order valence-corrected chi connectivity index (χ0v) is 7.94. The molecular formula is C11H10FN3. The van der Waals surface area contributed by atoms with Crippen molar-refractivity contribution in [2.45, 2.75) is 0 Å². The molecule has 15 heavy (non-hydrogen) atoms. The van der Waals surface area contributed by atoms with E-state index in [0.29, 0.717) is 11.5 Å². The van der Waals surface area contributed by atoms with Crippen molar-refractivity contribution in [2.75, 3.05) is 11.1 Å². The van der Waals surface area contributed by atoms with Gasteiger partial charge in [0, 0.05) is 5.69 Å². The highest BCUT2D eigenvalue weighted by molar-refractivity contribution is 5.57. The molecule has 0 unspecified atom stereocenters. The van der Waals surface area contributed by atoms with Gasteiger partial charge in [-0.1, -0.05) is 0 Å². The van der Waals surface area contributed by atoms with E-state index in [0.717, 1.165) is 5.69 Å². The van der Waals surface area contributed by atoms with Gasteiger partial charge in [0.15, 0.2) is 0 Å². The van der Waals surface area contributed by atoms with E-state index in [9.17, 15) is 4.39 Å². The summed E-state index contributed by atoms with van der Waals surface area (Å²) in [4.78, 5) is 4.07. The van der Waals surface area contributed by atoms with Crippen LogP contribution in [0, 0.1) is 5.82 Å². The second-order valence-corrected chi connectivity index (χ2v) is 3.11. The average Bonchev–Trinajstić information content (AvgIpc) is 2.25. The van der Waals surface area contributed by atoms with Gasteiger partial charge in [-0.3, -0.25) is 0 Å². The number of rotatable bonds is 2. The van der Waals surface area contributed by atoms with Gasteiger partial charge < -0.3 is 11.1 Å². The van der Waals surface area contributed by atoms with Gasteiger partial charge in [0.05, 0.1) is 11.9 Å². The zero-order valence-electron chi connectivity index (χ0n) is 7.94. The largest absolute Gasteiger partial charge is 0.397 e. The molecular weight excluding hydrogens is 193 g/mol. The third-order valence-corrected chi connectivity index (χ3v) is 1.90. The van der Waals surface area contributed by atoms with Crippen molar-refractivity contribution in [1.82, 2.24) is 4.98 Å². The standard InChI is InChI=1S/C11H10FN3/c12-8-1-4-10(5-2-8)15-11-6-3-9(13)7-14-11/h1-7H,13H2,(H,14,15). The Balaban J connectivity index is 2.15. The molecule has 0 aliphatic carbocycles. The number of nitrogens with one attached hydrogen (secondary N) is 1. The minimum absolute atomic E-state index is 0.259. The van der Waals surface area contributed by atoms with E-state index in [-0.39, 0.29) is 5.82 Å². The van der Waals surface area contributed by atoms with Crippen LogP contribution in [-0.2, 0) is 0 Å². The molecule has 0 atom stereocenters. The summed E-state index contributed by atoms with van der Waals surface area (Å²) >= 11 is 0. The average molecular weight is 203 g/mol. The number of hydrogen-bond acceptors (Lipinski definition) is 3. The molecule has 0 saturated carbocycles. The molecule has 2 aromatic rings. The van der Waals surface area contributed by atoms with Crippen molar-refractivity contribution in [3.63, 3.8) is 0 Å². The van der Waals surface area contributed by atoms with Crippen LogP contribution in [0.4, 0.5) is 21.6 Å². The molecule has 1 heterocycles. The quantitative estimate of drug-likeness (QED) is 0.788. The molecule has 0 aliphatic heterocycles. The third-order valence-electron chi connectivity index (χ3n) is 1.90. The van der Waals surface area contributed by atoms with Gasteiger partial charge in [-0.05, 0) is 36.4 Å². The summed E-state index contributed by atoms with van der Waals surface area (Å²) in [6.07, 6.45) is 1.56. The lowest BCUT2D eigenvalue weighted by atomic mass is 10.3. The molecule has 0 aliphatic rings. The Hall–Kier alpha value is -2.10. The number of pyridine rings is 1. The second kappa shape index (κ2) is 3.96. The Kier molecular flexibility index (Phi) is 2.49. The smallest absolute Gasteiger partial charge is 0.130 e. The van der Waals surface area contributed by atoms with Crippen LogP contribution in [0.2, 0.25) is 0 Å². The fourth-order valence-electron chi connectivity index (χ4n) is 1.16. The minimum Gasteiger partial charge on any atom is -0.397 e. The highest BCUT2D eigenvalue weighted by Gasteiger charge is 1.95.